The van der Waals surface area contributed by atoms with Gasteiger partial charge in [-0.1, -0.05) is 30.3 Å². The van der Waals surface area contributed by atoms with E-state index in [2.05, 4.69) is 19.7 Å². The van der Waals surface area contributed by atoms with Crippen molar-refractivity contribution in [3.05, 3.63) is 55.1 Å². The summed E-state index contributed by atoms with van der Waals surface area (Å²) < 4.78 is 29.2. The van der Waals surface area contributed by atoms with Crippen LogP contribution in [-0.4, -0.2) is 47.1 Å². The van der Waals surface area contributed by atoms with Crippen LogP contribution in [0.25, 0.3) is 11.3 Å². The first-order chi connectivity index (χ1) is 13.0. The highest BCUT2D eigenvalue weighted by atomic mass is 32.2. The topological polar surface area (TPSA) is 93.0 Å². The van der Waals surface area contributed by atoms with E-state index in [1.54, 1.807) is 17.8 Å². The summed E-state index contributed by atoms with van der Waals surface area (Å²) in [7, 11) is -1.89. The predicted octanol–water partition coefficient (Wildman–Crippen LogP) is 1.43. The zero-order chi connectivity index (χ0) is 18.9. The lowest BCUT2D eigenvalue weighted by Gasteiger charge is -2.17. The summed E-state index contributed by atoms with van der Waals surface area (Å²) in [6.45, 7) is 1.21. The smallest absolute Gasteiger partial charge is 0.259 e. The molecule has 8 nitrogen and oxygen atoms in total. The van der Waals surface area contributed by atoms with Gasteiger partial charge in [0, 0.05) is 44.1 Å². The number of hydrogen-bond donors (Lipinski definition) is 1. The van der Waals surface area contributed by atoms with Crippen molar-refractivity contribution in [1.29, 1.82) is 0 Å². The second-order valence-electron chi connectivity index (χ2n) is 6.54. The van der Waals surface area contributed by atoms with Crippen molar-refractivity contribution in [2.45, 2.75) is 17.5 Å². The maximum absolute atomic E-state index is 12.4. The molecule has 0 radical (unpaired) electrons. The third-order valence-corrected chi connectivity index (χ3v) is 5.87. The maximum atomic E-state index is 12.4. The third-order valence-electron chi connectivity index (χ3n) is 4.46. The Morgan fingerprint density at radius 2 is 1.96 bits per heavy atom. The summed E-state index contributed by atoms with van der Waals surface area (Å²) in [6, 6.07) is 11.6. The number of benzene rings is 1. The van der Waals surface area contributed by atoms with Gasteiger partial charge in [-0.3, -0.25) is 0 Å². The van der Waals surface area contributed by atoms with Gasteiger partial charge in [-0.05, 0) is 12.5 Å². The molecule has 0 amide bonds. The molecule has 27 heavy (non-hydrogen) atoms. The monoisotopic (exact) mass is 384 g/mol. The lowest BCUT2D eigenvalue weighted by Crippen LogP contribution is -2.37. The normalized spacial score (nSPS) is 17.4. The summed E-state index contributed by atoms with van der Waals surface area (Å²) in [5, 5.41) is 0.0331. The Labute approximate surface area is 158 Å². The van der Waals surface area contributed by atoms with Gasteiger partial charge in [-0.25, -0.2) is 28.1 Å². The molecule has 3 heterocycles. The van der Waals surface area contributed by atoms with E-state index in [1.807, 2.05) is 41.3 Å². The van der Waals surface area contributed by atoms with Gasteiger partial charge in [0.15, 0.2) is 5.03 Å². The Balaban J connectivity index is 1.47. The van der Waals surface area contributed by atoms with E-state index in [-0.39, 0.29) is 11.1 Å². The predicted molar refractivity (Wildman–Crippen MR) is 102 cm³/mol. The highest BCUT2D eigenvalue weighted by Crippen LogP contribution is 2.22. The van der Waals surface area contributed by atoms with Gasteiger partial charge in [0.05, 0.1) is 12.0 Å². The van der Waals surface area contributed by atoms with Crippen molar-refractivity contribution in [2.75, 3.05) is 18.0 Å². The highest BCUT2D eigenvalue weighted by molar-refractivity contribution is 7.89. The molecule has 140 valence electrons. The molecule has 0 bridgehead atoms. The zero-order valence-electron chi connectivity index (χ0n) is 14.9. The fourth-order valence-corrected chi connectivity index (χ4v) is 4.36. The number of imidazole rings is 1. The zero-order valence-corrected chi connectivity index (χ0v) is 15.7. The summed E-state index contributed by atoms with van der Waals surface area (Å²) in [4.78, 5) is 14.9. The quantitative estimate of drug-likeness (QED) is 0.715. The molecule has 0 saturated carbocycles. The van der Waals surface area contributed by atoms with Crippen molar-refractivity contribution < 1.29 is 8.42 Å². The van der Waals surface area contributed by atoms with Crippen molar-refractivity contribution in [2.24, 2.45) is 7.05 Å². The first-order valence-electron chi connectivity index (χ1n) is 8.65. The Hall–Kier alpha value is -2.78. The summed E-state index contributed by atoms with van der Waals surface area (Å²) in [5.41, 5.74) is 1.87. The molecule has 1 unspecified atom stereocenters. The molecule has 3 aromatic rings. The van der Waals surface area contributed by atoms with Crippen LogP contribution in [0.3, 0.4) is 0 Å². The molecule has 0 spiro atoms. The maximum Gasteiger partial charge on any atom is 0.259 e. The van der Waals surface area contributed by atoms with E-state index in [4.69, 9.17) is 0 Å². The van der Waals surface area contributed by atoms with Crippen LogP contribution < -0.4 is 9.62 Å². The molecule has 1 N–H and O–H groups in total. The molecule has 0 aliphatic carbocycles. The van der Waals surface area contributed by atoms with Crippen LogP contribution in [0.1, 0.15) is 6.42 Å². The van der Waals surface area contributed by atoms with Crippen LogP contribution in [0, 0.1) is 0 Å². The van der Waals surface area contributed by atoms with Gasteiger partial charge < -0.3 is 9.47 Å². The Bertz CT molecular complexity index is 1030. The molecular formula is C18H20N6O2S. The van der Waals surface area contributed by atoms with Crippen LogP contribution in [0.15, 0.2) is 60.1 Å². The van der Waals surface area contributed by atoms with Crippen molar-refractivity contribution in [3.63, 3.8) is 0 Å². The number of nitrogens with zero attached hydrogens (tertiary/aromatic N) is 5. The molecule has 4 rings (SSSR count). The fraction of sp³-hybridized carbons (Fsp3) is 0.278. The molecular weight excluding hydrogens is 364 g/mol. The minimum atomic E-state index is -3.63. The fourth-order valence-electron chi connectivity index (χ4n) is 3.12. The van der Waals surface area contributed by atoms with Crippen LogP contribution in [-0.2, 0) is 17.1 Å². The average molecular weight is 384 g/mol. The van der Waals surface area contributed by atoms with Gasteiger partial charge in [0.25, 0.3) is 10.0 Å². The van der Waals surface area contributed by atoms with Crippen LogP contribution in [0.2, 0.25) is 0 Å². The van der Waals surface area contributed by atoms with Crippen LogP contribution >= 0.6 is 0 Å². The summed E-state index contributed by atoms with van der Waals surface area (Å²) >= 11 is 0. The van der Waals surface area contributed by atoms with Crippen molar-refractivity contribution in [1.82, 2.24) is 24.2 Å². The average Bonchev–Trinajstić information content (AvgIpc) is 3.32. The van der Waals surface area contributed by atoms with E-state index in [1.165, 1.54) is 12.5 Å². The van der Waals surface area contributed by atoms with E-state index in [0.29, 0.717) is 25.5 Å². The Kier molecular flexibility index (Phi) is 4.63. The largest absolute Gasteiger partial charge is 0.339 e. The number of rotatable bonds is 5. The number of anilines is 1. The summed E-state index contributed by atoms with van der Waals surface area (Å²) in [5.74, 6) is 0.607. The minimum Gasteiger partial charge on any atom is -0.339 e. The van der Waals surface area contributed by atoms with E-state index in [9.17, 15) is 8.42 Å². The first kappa shape index (κ1) is 17.6. The molecule has 1 aromatic carbocycles. The third kappa shape index (κ3) is 3.83. The van der Waals surface area contributed by atoms with Gasteiger partial charge in [-0.15, -0.1) is 0 Å². The number of hydrogen-bond acceptors (Lipinski definition) is 6. The standard InChI is InChI=1S/C18H20N6O2S/c1-23-12-17(20-13-23)27(25,26)22-15-8-10-24(11-15)18-19-9-7-16(21-18)14-5-3-2-4-6-14/h2-7,9,12-13,15,22H,8,10-11H2,1H3. The lowest BCUT2D eigenvalue weighted by molar-refractivity contribution is 0.558. The first-order valence-corrected chi connectivity index (χ1v) is 10.1. The van der Waals surface area contributed by atoms with E-state index < -0.39 is 10.0 Å². The van der Waals surface area contributed by atoms with Crippen LogP contribution in [0.5, 0.6) is 0 Å². The molecule has 1 saturated heterocycles. The van der Waals surface area contributed by atoms with Gasteiger partial charge in [0.1, 0.15) is 0 Å². The Morgan fingerprint density at radius 1 is 1.15 bits per heavy atom. The number of aromatic nitrogens is 4. The molecule has 1 fully saturated rings. The molecule has 1 aliphatic rings. The second kappa shape index (κ2) is 7.09. The highest BCUT2D eigenvalue weighted by Gasteiger charge is 2.29. The van der Waals surface area contributed by atoms with Gasteiger partial charge in [-0.2, -0.15) is 0 Å². The molecule has 2 aromatic heterocycles. The van der Waals surface area contributed by atoms with Crippen LogP contribution in [0.4, 0.5) is 5.95 Å². The molecule has 1 aliphatic heterocycles. The van der Waals surface area contributed by atoms with Crippen molar-refractivity contribution >= 4 is 16.0 Å². The molecule has 9 heteroatoms. The van der Waals surface area contributed by atoms with Gasteiger partial charge in [0.2, 0.25) is 5.95 Å². The number of aryl methyl sites for hydroxylation is 1. The number of nitrogens with one attached hydrogen (secondary N) is 1. The van der Waals surface area contributed by atoms with E-state index in [0.717, 1.165) is 11.3 Å². The molecule has 1 atom stereocenters. The lowest BCUT2D eigenvalue weighted by atomic mass is 10.1. The summed E-state index contributed by atoms with van der Waals surface area (Å²) in [6.07, 6.45) is 5.38. The van der Waals surface area contributed by atoms with E-state index >= 15 is 0 Å². The minimum absolute atomic E-state index is 0.0331. The van der Waals surface area contributed by atoms with Crippen molar-refractivity contribution in [3.8, 4) is 11.3 Å². The second-order valence-corrected chi connectivity index (χ2v) is 8.20. The van der Waals surface area contributed by atoms with Gasteiger partial charge >= 0.3 is 0 Å². The Morgan fingerprint density at radius 3 is 2.70 bits per heavy atom. The number of sulfonamides is 1. The SMILES string of the molecule is Cn1cnc(S(=O)(=O)NC2CCN(c3nccc(-c4ccccc4)n3)C2)c1.